The van der Waals surface area contributed by atoms with Crippen LogP contribution in [0.4, 0.5) is 0 Å². The van der Waals surface area contributed by atoms with E-state index < -0.39 is 0 Å². The number of methoxy groups -OCH3 is 2. The zero-order valence-electron chi connectivity index (χ0n) is 12.1. The third-order valence-corrected chi connectivity index (χ3v) is 6.36. The molecule has 4 heteroatoms. The van der Waals surface area contributed by atoms with E-state index in [2.05, 4.69) is 24.3 Å². The van der Waals surface area contributed by atoms with E-state index in [0.717, 1.165) is 17.8 Å². The van der Waals surface area contributed by atoms with Crippen molar-refractivity contribution in [2.24, 2.45) is 17.8 Å². The van der Waals surface area contributed by atoms with Gasteiger partial charge in [-0.1, -0.05) is 18.2 Å². The Morgan fingerprint density at radius 3 is 2.81 bits per heavy atom. The molecule has 0 aromatic carbocycles. The van der Waals surface area contributed by atoms with Crippen LogP contribution in [0.3, 0.4) is 0 Å². The van der Waals surface area contributed by atoms with Gasteiger partial charge in [0, 0.05) is 40.6 Å². The average Bonchev–Trinajstić information content (AvgIpc) is 3.02. The Morgan fingerprint density at radius 1 is 1.19 bits per heavy atom. The topological polar surface area (TPSA) is 35.5 Å². The van der Waals surface area contributed by atoms with Crippen LogP contribution in [0.25, 0.3) is 0 Å². The number of hydrogen-bond acceptors (Lipinski definition) is 4. The Morgan fingerprint density at radius 2 is 2.05 bits per heavy atom. The fourth-order valence-electron chi connectivity index (χ4n) is 3.82. The molecule has 0 saturated heterocycles. The number of ketones is 1. The summed E-state index contributed by atoms with van der Waals surface area (Å²) in [5.74, 6) is 1.80. The first-order valence-corrected chi connectivity index (χ1v) is 8.21. The molecule has 0 spiro atoms. The largest absolute Gasteiger partial charge is 0.497 e. The number of hydrogen-bond donors (Lipinski definition) is 0. The molecule has 0 fully saturated rings. The molecule has 4 rings (SSSR count). The Bertz CT molecular complexity index is 614. The number of rotatable bonds is 2. The maximum atomic E-state index is 12.8. The molecular weight excluding hydrogens is 284 g/mol. The summed E-state index contributed by atoms with van der Waals surface area (Å²) in [7, 11) is 3.40. The molecule has 0 aromatic heterocycles. The van der Waals surface area contributed by atoms with Gasteiger partial charge in [0.25, 0.3) is 0 Å². The molecule has 0 amide bonds. The minimum absolute atomic E-state index is 0.0814. The van der Waals surface area contributed by atoms with E-state index in [-0.39, 0.29) is 23.9 Å². The molecule has 5 atom stereocenters. The zero-order chi connectivity index (χ0) is 14.6. The lowest BCUT2D eigenvalue weighted by Gasteiger charge is -2.29. The minimum Gasteiger partial charge on any atom is -0.497 e. The molecule has 0 aromatic rings. The number of ether oxygens (including phenoxy) is 2. The van der Waals surface area contributed by atoms with Crippen LogP contribution in [0.15, 0.2) is 46.6 Å². The average molecular weight is 302 g/mol. The third-order valence-electron chi connectivity index (χ3n) is 4.91. The summed E-state index contributed by atoms with van der Waals surface area (Å²) in [6, 6.07) is 0. The molecule has 0 saturated carbocycles. The van der Waals surface area contributed by atoms with Gasteiger partial charge in [-0.3, -0.25) is 4.79 Å². The SMILES string of the molecule is COC1=CC2SC3=C(C(=O)C4CC(OC)C=CC34)C2C=C1. The second-order valence-electron chi connectivity index (χ2n) is 5.91. The second kappa shape index (κ2) is 4.89. The number of fused-ring (bicyclic) bond motifs is 4. The van der Waals surface area contributed by atoms with Crippen LogP contribution in [-0.4, -0.2) is 31.4 Å². The van der Waals surface area contributed by atoms with E-state index in [0.29, 0.717) is 11.0 Å². The standard InChI is InChI=1S/C17H18O3S/c1-19-9-3-5-11-13(7-9)16(18)15-12-6-4-10(20-2)8-14(12)21-17(11)15/h3-6,8-9,11-14H,7H2,1-2H3. The summed E-state index contributed by atoms with van der Waals surface area (Å²) >= 11 is 1.84. The monoisotopic (exact) mass is 302 g/mol. The smallest absolute Gasteiger partial charge is 0.164 e. The lowest BCUT2D eigenvalue weighted by Crippen LogP contribution is -2.29. The molecule has 1 heterocycles. The van der Waals surface area contributed by atoms with Crippen LogP contribution >= 0.6 is 11.8 Å². The van der Waals surface area contributed by atoms with Gasteiger partial charge in [-0.2, -0.15) is 0 Å². The van der Waals surface area contributed by atoms with Crippen LogP contribution in [0.5, 0.6) is 0 Å². The molecule has 0 bridgehead atoms. The van der Waals surface area contributed by atoms with Crippen LogP contribution in [0, 0.1) is 17.8 Å². The minimum atomic E-state index is 0.0814. The molecule has 3 aliphatic carbocycles. The van der Waals surface area contributed by atoms with Crippen molar-refractivity contribution in [2.45, 2.75) is 17.8 Å². The van der Waals surface area contributed by atoms with Gasteiger partial charge in [0.15, 0.2) is 5.78 Å². The Labute approximate surface area is 128 Å². The van der Waals surface area contributed by atoms with Crippen molar-refractivity contribution in [2.75, 3.05) is 14.2 Å². The van der Waals surface area contributed by atoms with E-state index in [4.69, 9.17) is 9.47 Å². The first kappa shape index (κ1) is 13.4. The highest BCUT2D eigenvalue weighted by molar-refractivity contribution is 8.04. The summed E-state index contributed by atoms with van der Waals surface area (Å²) in [5.41, 5.74) is 1.05. The van der Waals surface area contributed by atoms with E-state index >= 15 is 0 Å². The van der Waals surface area contributed by atoms with Gasteiger partial charge in [0.1, 0.15) is 5.76 Å². The van der Waals surface area contributed by atoms with Crippen LogP contribution in [0.2, 0.25) is 0 Å². The second-order valence-corrected chi connectivity index (χ2v) is 7.13. The van der Waals surface area contributed by atoms with Crippen molar-refractivity contribution in [3.63, 3.8) is 0 Å². The van der Waals surface area contributed by atoms with Gasteiger partial charge in [-0.15, -0.1) is 11.8 Å². The molecular formula is C17H18O3S. The normalized spacial score (nSPS) is 40.0. The molecule has 0 radical (unpaired) electrons. The van der Waals surface area contributed by atoms with E-state index in [9.17, 15) is 4.79 Å². The Balaban J connectivity index is 1.66. The number of Topliss-reactive ketones (excluding diaryl/α,β-unsaturated/α-hetero) is 1. The molecule has 4 aliphatic rings. The quantitative estimate of drug-likeness (QED) is 0.735. The molecule has 1 aliphatic heterocycles. The first-order valence-electron chi connectivity index (χ1n) is 7.33. The summed E-state index contributed by atoms with van der Waals surface area (Å²) in [6.07, 6.45) is 11.4. The van der Waals surface area contributed by atoms with Crippen molar-refractivity contribution in [1.29, 1.82) is 0 Å². The predicted octanol–water partition coefficient (Wildman–Crippen LogP) is 2.86. The van der Waals surface area contributed by atoms with E-state index in [1.165, 1.54) is 4.91 Å². The maximum Gasteiger partial charge on any atom is 0.164 e. The van der Waals surface area contributed by atoms with E-state index in [1.54, 1.807) is 14.2 Å². The van der Waals surface area contributed by atoms with Crippen molar-refractivity contribution in [1.82, 2.24) is 0 Å². The zero-order valence-corrected chi connectivity index (χ0v) is 12.9. The van der Waals surface area contributed by atoms with Crippen LogP contribution in [0.1, 0.15) is 6.42 Å². The van der Waals surface area contributed by atoms with Gasteiger partial charge in [0.05, 0.1) is 13.2 Å². The third kappa shape index (κ3) is 1.89. The van der Waals surface area contributed by atoms with Gasteiger partial charge in [-0.05, 0) is 18.6 Å². The predicted molar refractivity (Wildman–Crippen MR) is 82.7 cm³/mol. The number of allylic oxidation sites excluding steroid dienone is 5. The molecule has 110 valence electrons. The lowest BCUT2D eigenvalue weighted by atomic mass is 9.82. The maximum absolute atomic E-state index is 12.8. The highest BCUT2D eigenvalue weighted by Gasteiger charge is 2.51. The van der Waals surface area contributed by atoms with Gasteiger partial charge in [-0.25, -0.2) is 0 Å². The number of carbonyl (C=O) groups is 1. The number of carbonyl (C=O) groups excluding carboxylic acids is 1. The highest BCUT2D eigenvalue weighted by Crippen LogP contribution is 2.57. The summed E-state index contributed by atoms with van der Waals surface area (Å²) < 4.78 is 10.7. The van der Waals surface area contributed by atoms with Crippen molar-refractivity contribution in [3.05, 3.63) is 46.6 Å². The van der Waals surface area contributed by atoms with Crippen molar-refractivity contribution in [3.8, 4) is 0 Å². The van der Waals surface area contributed by atoms with Gasteiger partial charge >= 0.3 is 0 Å². The number of thioether (sulfide) groups is 1. The Hall–Kier alpha value is -1.26. The molecule has 5 unspecified atom stereocenters. The highest BCUT2D eigenvalue weighted by atomic mass is 32.2. The van der Waals surface area contributed by atoms with Gasteiger partial charge in [0.2, 0.25) is 0 Å². The summed E-state index contributed by atoms with van der Waals surface area (Å²) in [4.78, 5) is 14.1. The summed E-state index contributed by atoms with van der Waals surface area (Å²) in [6.45, 7) is 0. The van der Waals surface area contributed by atoms with Crippen molar-refractivity contribution < 1.29 is 14.3 Å². The van der Waals surface area contributed by atoms with Crippen LogP contribution in [-0.2, 0) is 14.3 Å². The fourth-order valence-corrected chi connectivity index (χ4v) is 5.45. The van der Waals surface area contributed by atoms with E-state index in [1.807, 2.05) is 17.8 Å². The molecule has 3 nitrogen and oxygen atoms in total. The lowest BCUT2D eigenvalue weighted by molar-refractivity contribution is -0.120. The molecule has 21 heavy (non-hydrogen) atoms. The Kier molecular flexibility index (Phi) is 3.12. The molecule has 0 N–H and O–H groups in total. The fraction of sp³-hybridized carbons (Fsp3) is 0.471. The van der Waals surface area contributed by atoms with Gasteiger partial charge < -0.3 is 9.47 Å². The summed E-state index contributed by atoms with van der Waals surface area (Å²) in [5, 5.41) is 0.313. The van der Waals surface area contributed by atoms with Crippen molar-refractivity contribution >= 4 is 17.5 Å². The first-order chi connectivity index (χ1) is 10.2. The van der Waals surface area contributed by atoms with Crippen LogP contribution < -0.4 is 0 Å².